The fourth-order valence-corrected chi connectivity index (χ4v) is 2.87. The highest BCUT2D eigenvalue weighted by Crippen LogP contribution is 2.29. The highest BCUT2D eigenvalue weighted by atomic mass is 35.5. The fraction of sp³-hybridized carbons (Fsp3) is 0.200. The first kappa shape index (κ1) is 17.9. The third-order valence-corrected chi connectivity index (χ3v) is 4.35. The Morgan fingerprint density at radius 1 is 1.33 bits per heavy atom. The first-order chi connectivity index (χ1) is 11.4. The van der Waals surface area contributed by atoms with Gasteiger partial charge in [-0.25, -0.2) is 0 Å². The van der Waals surface area contributed by atoms with Crippen molar-refractivity contribution in [2.75, 3.05) is 6.61 Å². The third kappa shape index (κ3) is 4.77. The standard InChI is InChI=1S/C15H13ClN2O5S/c1-9(19)17-7-11-3-5-15(24-11)13(20)8-23-14-4-2-10(18(21)22)6-12(14)16/h2-6H,7-8H2,1H3,(H,17,19). The number of Topliss-reactive ketones (excluding diaryl/α,β-unsaturated/α-hetero) is 1. The monoisotopic (exact) mass is 368 g/mol. The van der Waals surface area contributed by atoms with Gasteiger partial charge in [0.2, 0.25) is 11.7 Å². The Bertz CT molecular complexity index is 790. The number of nitrogens with one attached hydrogen (secondary N) is 1. The largest absolute Gasteiger partial charge is 0.484 e. The quantitative estimate of drug-likeness (QED) is 0.459. The van der Waals surface area contributed by atoms with E-state index in [0.29, 0.717) is 11.4 Å². The zero-order valence-electron chi connectivity index (χ0n) is 12.6. The van der Waals surface area contributed by atoms with Crippen LogP contribution < -0.4 is 10.1 Å². The Morgan fingerprint density at radius 2 is 2.08 bits per heavy atom. The number of ether oxygens (including phenoxy) is 1. The molecule has 1 amide bonds. The highest BCUT2D eigenvalue weighted by Gasteiger charge is 2.14. The predicted molar refractivity (Wildman–Crippen MR) is 89.8 cm³/mol. The number of halogens is 1. The normalized spacial score (nSPS) is 10.2. The molecule has 1 heterocycles. The van der Waals surface area contributed by atoms with E-state index >= 15 is 0 Å². The minimum atomic E-state index is -0.566. The number of nitrogens with zero attached hydrogens (tertiary/aromatic N) is 1. The number of non-ortho nitro benzene ring substituents is 1. The van der Waals surface area contributed by atoms with Crippen LogP contribution in [0.15, 0.2) is 30.3 Å². The summed E-state index contributed by atoms with van der Waals surface area (Å²) in [5.74, 6) is -0.193. The summed E-state index contributed by atoms with van der Waals surface area (Å²) >= 11 is 7.16. The third-order valence-electron chi connectivity index (χ3n) is 2.93. The van der Waals surface area contributed by atoms with Crippen LogP contribution in [0.25, 0.3) is 0 Å². The van der Waals surface area contributed by atoms with Gasteiger partial charge in [0.25, 0.3) is 5.69 Å². The maximum atomic E-state index is 12.1. The average Bonchev–Trinajstić information content (AvgIpc) is 3.00. The topological polar surface area (TPSA) is 98.5 Å². The van der Waals surface area contributed by atoms with Crippen LogP contribution in [0, 0.1) is 10.1 Å². The Hall–Kier alpha value is -2.45. The highest BCUT2D eigenvalue weighted by molar-refractivity contribution is 7.14. The summed E-state index contributed by atoms with van der Waals surface area (Å²) in [4.78, 5) is 34.4. The number of hydrogen-bond donors (Lipinski definition) is 1. The number of rotatable bonds is 7. The summed E-state index contributed by atoms with van der Waals surface area (Å²) in [5.41, 5.74) is -0.153. The second-order valence-electron chi connectivity index (χ2n) is 4.76. The summed E-state index contributed by atoms with van der Waals surface area (Å²) in [6.07, 6.45) is 0. The second kappa shape index (κ2) is 7.89. The van der Waals surface area contributed by atoms with Gasteiger partial charge in [-0.05, 0) is 18.2 Å². The molecule has 1 N–H and O–H groups in total. The molecule has 0 atom stereocenters. The minimum absolute atomic E-state index is 0.0644. The van der Waals surface area contributed by atoms with E-state index in [2.05, 4.69) is 5.32 Å². The number of benzene rings is 1. The van der Waals surface area contributed by atoms with E-state index < -0.39 is 4.92 Å². The fourth-order valence-electron chi connectivity index (χ4n) is 1.77. The predicted octanol–water partition coefficient (Wildman–Crippen LogP) is 3.21. The first-order valence-corrected chi connectivity index (χ1v) is 7.99. The van der Waals surface area contributed by atoms with Gasteiger partial charge in [0.15, 0.2) is 6.61 Å². The molecule has 0 aliphatic carbocycles. The van der Waals surface area contributed by atoms with Crippen LogP contribution in [0.1, 0.15) is 21.5 Å². The van der Waals surface area contributed by atoms with E-state index in [-0.39, 0.29) is 34.8 Å². The number of ketones is 1. The number of amides is 1. The van der Waals surface area contributed by atoms with E-state index in [9.17, 15) is 19.7 Å². The minimum Gasteiger partial charge on any atom is -0.484 e. The summed E-state index contributed by atoms with van der Waals surface area (Å²) in [6.45, 7) is 1.54. The Kier molecular flexibility index (Phi) is 5.88. The lowest BCUT2D eigenvalue weighted by molar-refractivity contribution is -0.384. The lowest BCUT2D eigenvalue weighted by atomic mass is 10.3. The lowest BCUT2D eigenvalue weighted by Gasteiger charge is -2.06. The van der Waals surface area contributed by atoms with Crippen molar-refractivity contribution in [2.24, 2.45) is 0 Å². The zero-order chi connectivity index (χ0) is 17.7. The van der Waals surface area contributed by atoms with Crippen molar-refractivity contribution in [1.82, 2.24) is 5.32 Å². The van der Waals surface area contributed by atoms with E-state index in [1.165, 1.54) is 30.4 Å². The Labute approximate surface area is 146 Å². The van der Waals surface area contributed by atoms with Gasteiger partial charge in [0, 0.05) is 23.9 Å². The van der Waals surface area contributed by atoms with Crippen LogP contribution in [0.5, 0.6) is 5.75 Å². The van der Waals surface area contributed by atoms with Gasteiger partial charge in [0.05, 0.1) is 21.4 Å². The molecule has 1 aromatic carbocycles. The molecule has 0 bridgehead atoms. The van der Waals surface area contributed by atoms with Crippen molar-refractivity contribution in [2.45, 2.75) is 13.5 Å². The molecule has 0 saturated heterocycles. The first-order valence-electron chi connectivity index (χ1n) is 6.80. The molecule has 0 radical (unpaired) electrons. The molecule has 0 saturated carbocycles. The zero-order valence-corrected chi connectivity index (χ0v) is 14.1. The van der Waals surface area contributed by atoms with Gasteiger partial charge < -0.3 is 10.1 Å². The van der Waals surface area contributed by atoms with Crippen LogP contribution in [0.4, 0.5) is 5.69 Å². The van der Waals surface area contributed by atoms with Crippen molar-refractivity contribution >= 4 is 40.3 Å². The van der Waals surface area contributed by atoms with Crippen molar-refractivity contribution < 1.29 is 19.2 Å². The van der Waals surface area contributed by atoms with Gasteiger partial charge in [0.1, 0.15) is 5.75 Å². The molecular weight excluding hydrogens is 356 g/mol. The number of carbonyl (C=O) groups is 2. The molecule has 0 fully saturated rings. The SMILES string of the molecule is CC(=O)NCc1ccc(C(=O)COc2ccc([N+](=O)[O-])cc2Cl)s1. The smallest absolute Gasteiger partial charge is 0.271 e. The Balaban J connectivity index is 1.96. The van der Waals surface area contributed by atoms with Crippen molar-refractivity contribution in [3.63, 3.8) is 0 Å². The summed E-state index contributed by atoms with van der Waals surface area (Å²) < 4.78 is 5.33. The maximum absolute atomic E-state index is 12.1. The van der Waals surface area contributed by atoms with E-state index in [0.717, 1.165) is 10.9 Å². The van der Waals surface area contributed by atoms with Crippen LogP contribution in [0.3, 0.4) is 0 Å². The summed E-state index contributed by atoms with van der Waals surface area (Å²) in [5, 5.41) is 13.4. The number of nitro groups is 1. The summed E-state index contributed by atoms with van der Waals surface area (Å²) in [7, 11) is 0. The Morgan fingerprint density at radius 3 is 2.71 bits per heavy atom. The molecule has 1 aromatic heterocycles. The molecule has 9 heteroatoms. The molecule has 2 rings (SSSR count). The number of carbonyl (C=O) groups excluding carboxylic acids is 2. The van der Waals surface area contributed by atoms with E-state index in [4.69, 9.17) is 16.3 Å². The van der Waals surface area contributed by atoms with Gasteiger partial charge in [-0.2, -0.15) is 0 Å². The van der Waals surface area contributed by atoms with Crippen molar-refractivity contribution in [3.05, 3.63) is 55.2 Å². The lowest BCUT2D eigenvalue weighted by Crippen LogP contribution is -2.18. The molecule has 0 aliphatic heterocycles. The average molecular weight is 369 g/mol. The number of hydrogen-bond acceptors (Lipinski definition) is 6. The van der Waals surface area contributed by atoms with Crippen LogP contribution >= 0.6 is 22.9 Å². The van der Waals surface area contributed by atoms with Crippen molar-refractivity contribution in [1.29, 1.82) is 0 Å². The van der Waals surface area contributed by atoms with Crippen LogP contribution in [0.2, 0.25) is 5.02 Å². The van der Waals surface area contributed by atoms with Gasteiger partial charge >= 0.3 is 0 Å². The molecule has 7 nitrogen and oxygen atoms in total. The molecule has 2 aromatic rings. The molecule has 126 valence electrons. The molecule has 0 spiro atoms. The molecule has 0 unspecified atom stereocenters. The van der Waals surface area contributed by atoms with Gasteiger partial charge in [-0.15, -0.1) is 11.3 Å². The van der Waals surface area contributed by atoms with Gasteiger partial charge in [-0.3, -0.25) is 19.7 Å². The number of nitro benzene ring substituents is 1. The van der Waals surface area contributed by atoms with E-state index in [1.54, 1.807) is 12.1 Å². The van der Waals surface area contributed by atoms with Crippen molar-refractivity contribution in [3.8, 4) is 5.75 Å². The maximum Gasteiger partial charge on any atom is 0.271 e. The summed E-state index contributed by atoms with van der Waals surface area (Å²) in [6, 6.07) is 7.18. The molecule has 24 heavy (non-hydrogen) atoms. The van der Waals surface area contributed by atoms with Crippen LogP contribution in [-0.4, -0.2) is 23.2 Å². The number of thiophene rings is 1. The van der Waals surface area contributed by atoms with Crippen LogP contribution in [-0.2, 0) is 11.3 Å². The van der Waals surface area contributed by atoms with E-state index in [1.807, 2.05) is 0 Å². The molecular formula is C15H13ClN2O5S. The second-order valence-corrected chi connectivity index (χ2v) is 6.33. The molecule has 0 aliphatic rings. The van der Waals surface area contributed by atoms with Gasteiger partial charge in [-0.1, -0.05) is 11.6 Å².